The lowest BCUT2D eigenvalue weighted by Crippen LogP contribution is -2.34. The van der Waals surface area contributed by atoms with E-state index in [1.807, 2.05) is 18.2 Å². The Morgan fingerprint density at radius 3 is 3.16 bits per heavy atom. The van der Waals surface area contributed by atoms with Crippen LogP contribution in [0.25, 0.3) is 11.0 Å². The summed E-state index contributed by atoms with van der Waals surface area (Å²) in [4.78, 5) is 10.5. The molecule has 1 aromatic carbocycles. The smallest absolute Gasteiger partial charge is 0.121 e. The highest BCUT2D eigenvalue weighted by Gasteiger charge is 2.17. The van der Waals surface area contributed by atoms with Gasteiger partial charge in [-0.25, -0.2) is 4.98 Å². The molecule has 3 rings (SSSR count). The summed E-state index contributed by atoms with van der Waals surface area (Å²) in [5.74, 6) is 2.73. The van der Waals surface area contributed by atoms with E-state index in [0.29, 0.717) is 0 Å². The van der Waals surface area contributed by atoms with E-state index in [-0.39, 0.29) is 0 Å². The lowest BCUT2D eigenvalue weighted by molar-refractivity contribution is 0.173. The number of likely N-dealkylation sites (tertiary alicyclic amines) is 1. The van der Waals surface area contributed by atoms with Gasteiger partial charge in [0.05, 0.1) is 24.7 Å². The van der Waals surface area contributed by atoms with Gasteiger partial charge in [-0.05, 0) is 37.4 Å². The van der Waals surface area contributed by atoms with Crippen LogP contribution in [0.15, 0.2) is 18.2 Å². The van der Waals surface area contributed by atoms with Crippen molar-refractivity contribution in [3.63, 3.8) is 0 Å². The van der Waals surface area contributed by atoms with Crippen molar-refractivity contribution in [2.45, 2.75) is 26.3 Å². The Bertz CT molecular complexity index is 564. The number of rotatable bonds is 3. The number of nitrogens with one attached hydrogen (secondary N) is 1. The van der Waals surface area contributed by atoms with Gasteiger partial charge < -0.3 is 9.72 Å². The molecule has 1 saturated heterocycles. The molecule has 4 nitrogen and oxygen atoms in total. The van der Waals surface area contributed by atoms with Crippen LogP contribution in [0, 0.1) is 5.92 Å². The number of methoxy groups -OCH3 is 1. The zero-order chi connectivity index (χ0) is 13.2. The zero-order valence-corrected chi connectivity index (χ0v) is 11.6. The van der Waals surface area contributed by atoms with Gasteiger partial charge in [-0.15, -0.1) is 0 Å². The Balaban J connectivity index is 1.77. The minimum atomic E-state index is 0.804. The fourth-order valence-corrected chi connectivity index (χ4v) is 2.89. The number of ether oxygens (including phenoxy) is 1. The van der Waals surface area contributed by atoms with Crippen LogP contribution in [-0.2, 0) is 6.54 Å². The number of fused-ring (bicyclic) bond motifs is 1. The summed E-state index contributed by atoms with van der Waals surface area (Å²) < 4.78 is 5.24. The number of hydrogen-bond acceptors (Lipinski definition) is 3. The molecule has 1 fully saturated rings. The highest BCUT2D eigenvalue weighted by molar-refractivity contribution is 5.76. The number of H-pyrrole nitrogens is 1. The molecule has 2 aromatic rings. The summed E-state index contributed by atoms with van der Waals surface area (Å²) in [6.45, 7) is 5.61. The number of piperidine rings is 1. The number of hydrogen-bond donors (Lipinski definition) is 1. The lowest BCUT2D eigenvalue weighted by atomic mass is 10.0. The van der Waals surface area contributed by atoms with E-state index in [1.54, 1.807) is 7.11 Å². The first kappa shape index (κ1) is 12.5. The van der Waals surface area contributed by atoms with E-state index in [0.717, 1.165) is 35.1 Å². The minimum absolute atomic E-state index is 0.804. The van der Waals surface area contributed by atoms with Crippen molar-refractivity contribution >= 4 is 11.0 Å². The summed E-state index contributed by atoms with van der Waals surface area (Å²) in [7, 11) is 1.69. The van der Waals surface area contributed by atoms with Gasteiger partial charge in [-0.3, -0.25) is 4.90 Å². The predicted molar refractivity (Wildman–Crippen MR) is 76.3 cm³/mol. The second-order valence-electron chi connectivity index (χ2n) is 5.55. The van der Waals surface area contributed by atoms with Crippen LogP contribution in [0.4, 0.5) is 0 Å². The molecule has 1 unspecified atom stereocenters. The molecule has 1 aromatic heterocycles. The van der Waals surface area contributed by atoms with E-state index in [1.165, 1.54) is 25.9 Å². The topological polar surface area (TPSA) is 41.1 Å². The normalized spacial score (nSPS) is 20.8. The van der Waals surface area contributed by atoms with Crippen molar-refractivity contribution in [3.05, 3.63) is 24.0 Å². The van der Waals surface area contributed by atoms with Gasteiger partial charge in [0, 0.05) is 12.6 Å². The van der Waals surface area contributed by atoms with Crippen LogP contribution < -0.4 is 4.74 Å². The van der Waals surface area contributed by atoms with Crippen LogP contribution in [0.5, 0.6) is 5.75 Å². The fourth-order valence-electron chi connectivity index (χ4n) is 2.89. The molecule has 4 heteroatoms. The predicted octanol–water partition coefficient (Wildman–Crippen LogP) is 2.80. The maximum atomic E-state index is 5.24. The van der Waals surface area contributed by atoms with Crippen molar-refractivity contribution in [3.8, 4) is 5.75 Å². The van der Waals surface area contributed by atoms with Crippen molar-refractivity contribution in [1.82, 2.24) is 14.9 Å². The Hall–Kier alpha value is -1.55. The van der Waals surface area contributed by atoms with E-state index in [2.05, 4.69) is 21.8 Å². The van der Waals surface area contributed by atoms with E-state index < -0.39 is 0 Å². The van der Waals surface area contributed by atoms with Gasteiger partial charge in [0.2, 0.25) is 0 Å². The van der Waals surface area contributed by atoms with E-state index in [9.17, 15) is 0 Å². The third-order valence-electron chi connectivity index (χ3n) is 3.85. The quantitative estimate of drug-likeness (QED) is 0.921. The van der Waals surface area contributed by atoms with Crippen molar-refractivity contribution < 1.29 is 4.74 Å². The van der Waals surface area contributed by atoms with Crippen LogP contribution in [-0.4, -0.2) is 35.1 Å². The van der Waals surface area contributed by atoms with Gasteiger partial charge >= 0.3 is 0 Å². The average molecular weight is 259 g/mol. The monoisotopic (exact) mass is 259 g/mol. The van der Waals surface area contributed by atoms with Gasteiger partial charge in [0.25, 0.3) is 0 Å². The largest absolute Gasteiger partial charge is 0.497 e. The molecule has 19 heavy (non-hydrogen) atoms. The average Bonchev–Trinajstić information content (AvgIpc) is 2.79. The van der Waals surface area contributed by atoms with Gasteiger partial charge in [0.1, 0.15) is 11.6 Å². The minimum Gasteiger partial charge on any atom is -0.497 e. The molecule has 0 radical (unpaired) electrons. The Kier molecular flexibility index (Phi) is 3.42. The molecule has 2 heterocycles. The van der Waals surface area contributed by atoms with Crippen molar-refractivity contribution in [2.24, 2.45) is 5.92 Å². The Labute approximate surface area is 113 Å². The maximum absolute atomic E-state index is 5.24. The zero-order valence-electron chi connectivity index (χ0n) is 11.6. The first-order valence-corrected chi connectivity index (χ1v) is 6.99. The molecule has 1 aliphatic heterocycles. The first-order valence-electron chi connectivity index (χ1n) is 6.99. The molecule has 0 amide bonds. The van der Waals surface area contributed by atoms with Gasteiger partial charge in [-0.2, -0.15) is 0 Å². The van der Waals surface area contributed by atoms with Gasteiger partial charge in [0.15, 0.2) is 0 Å². The standard InChI is InChI=1S/C15H21N3O/c1-11-4-3-7-18(9-11)10-15-16-13-6-5-12(19-2)8-14(13)17-15/h5-6,8,11H,3-4,7,9-10H2,1-2H3,(H,16,17). The number of benzene rings is 1. The van der Waals surface area contributed by atoms with Crippen LogP contribution in [0.1, 0.15) is 25.6 Å². The van der Waals surface area contributed by atoms with E-state index >= 15 is 0 Å². The Morgan fingerprint density at radius 1 is 1.47 bits per heavy atom. The van der Waals surface area contributed by atoms with Crippen molar-refractivity contribution in [1.29, 1.82) is 0 Å². The SMILES string of the molecule is COc1ccc2nc(CN3CCCC(C)C3)[nH]c2c1. The summed E-state index contributed by atoms with van der Waals surface area (Å²) in [6, 6.07) is 5.97. The Morgan fingerprint density at radius 2 is 2.37 bits per heavy atom. The molecular formula is C15H21N3O. The summed E-state index contributed by atoms with van der Waals surface area (Å²) in [6.07, 6.45) is 2.66. The number of imidazole rings is 1. The van der Waals surface area contributed by atoms with Crippen molar-refractivity contribution in [2.75, 3.05) is 20.2 Å². The molecule has 1 N–H and O–H groups in total. The first-order chi connectivity index (χ1) is 9.24. The van der Waals surface area contributed by atoms with E-state index in [4.69, 9.17) is 4.74 Å². The summed E-state index contributed by atoms with van der Waals surface area (Å²) in [5, 5.41) is 0. The number of nitrogens with zero attached hydrogens (tertiary/aromatic N) is 2. The number of aromatic amines is 1. The van der Waals surface area contributed by atoms with Crippen LogP contribution in [0.3, 0.4) is 0 Å². The summed E-state index contributed by atoms with van der Waals surface area (Å²) in [5.41, 5.74) is 2.07. The maximum Gasteiger partial charge on any atom is 0.121 e. The second kappa shape index (κ2) is 5.21. The molecule has 1 atom stereocenters. The third kappa shape index (κ3) is 2.73. The van der Waals surface area contributed by atoms with Crippen LogP contribution >= 0.6 is 0 Å². The fraction of sp³-hybridized carbons (Fsp3) is 0.533. The number of aromatic nitrogens is 2. The highest BCUT2D eigenvalue weighted by atomic mass is 16.5. The molecule has 1 aliphatic rings. The second-order valence-corrected chi connectivity index (χ2v) is 5.55. The van der Waals surface area contributed by atoms with Crippen LogP contribution in [0.2, 0.25) is 0 Å². The molecule has 0 bridgehead atoms. The molecule has 0 saturated carbocycles. The molecule has 102 valence electrons. The summed E-state index contributed by atoms with van der Waals surface area (Å²) >= 11 is 0. The molecule has 0 spiro atoms. The molecular weight excluding hydrogens is 238 g/mol. The molecule has 0 aliphatic carbocycles. The van der Waals surface area contributed by atoms with Gasteiger partial charge in [-0.1, -0.05) is 6.92 Å². The lowest BCUT2D eigenvalue weighted by Gasteiger charge is -2.29. The third-order valence-corrected chi connectivity index (χ3v) is 3.85. The highest BCUT2D eigenvalue weighted by Crippen LogP contribution is 2.21.